The molecule has 212 valence electrons. The number of hydrogen-bond acceptors (Lipinski definition) is 4. The average Bonchev–Trinajstić information content (AvgIpc) is 3.61. The Kier molecular flexibility index (Phi) is 12.6. The number of azide groups is 1. The first-order valence-corrected chi connectivity index (χ1v) is 14.2. The van der Waals surface area contributed by atoms with Gasteiger partial charge in [-0.05, 0) is 93.4 Å². The van der Waals surface area contributed by atoms with Crippen LogP contribution in [-0.4, -0.2) is 40.7 Å². The van der Waals surface area contributed by atoms with Crippen LogP contribution in [0.4, 0.5) is 0 Å². The Balaban J connectivity index is 0.000000201. The van der Waals surface area contributed by atoms with Crippen LogP contribution in [0.1, 0.15) is 79.6 Å². The minimum atomic E-state index is -0.576. The molecule has 0 bridgehead atoms. The summed E-state index contributed by atoms with van der Waals surface area (Å²) in [5, 5.41) is 23.3. The highest BCUT2D eigenvalue weighted by molar-refractivity contribution is 5.18. The zero-order valence-corrected chi connectivity index (χ0v) is 24.3. The molecule has 38 heavy (non-hydrogen) atoms. The van der Waals surface area contributed by atoms with Crippen molar-refractivity contribution >= 4 is 0 Å². The van der Waals surface area contributed by atoms with Gasteiger partial charge in [0, 0.05) is 4.91 Å². The molecule has 2 fully saturated rings. The molecule has 1 aliphatic heterocycles. The summed E-state index contributed by atoms with van der Waals surface area (Å²) >= 11 is 0. The third-order valence-electron chi connectivity index (χ3n) is 8.45. The van der Waals surface area contributed by atoms with Crippen molar-refractivity contribution in [2.45, 2.75) is 110 Å². The lowest BCUT2D eigenvalue weighted by atomic mass is 9.65. The first-order valence-electron chi connectivity index (χ1n) is 14.2. The number of rotatable bonds is 7. The Morgan fingerprint density at radius 2 is 1.53 bits per heavy atom. The normalized spacial score (nSPS) is 36.7. The van der Waals surface area contributed by atoms with Crippen LogP contribution in [-0.2, 0) is 4.74 Å². The van der Waals surface area contributed by atoms with Crippen molar-refractivity contribution in [3.63, 3.8) is 0 Å². The average molecular weight is 526 g/mol. The first-order chi connectivity index (χ1) is 18.0. The van der Waals surface area contributed by atoms with Crippen molar-refractivity contribution in [1.82, 2.24) is 0 Å². The summed E-state index contributed by atoms with van der Waals surface area (Å²) < 4.78 is 5.49. The lowest BCUT2D eigenvalue weighted by Gasteiger charge is -2.42. The SMILES string of the molecule is C=CC[C@H]1CC(C)(C)C[C@@H](O)[C@@H]1C.C=CC[C@H]1CC(C)=C[C@H](N=[N+]=[N-])[C@H]1O.C=CC[C@H]1CC(C)=C[C@H]2O[C@@H]12. The van der Waals surface area contributed by atoms with E-state index < -0.39 is 12.1 Å². The van der Waals surface area contributed by atoms with Crippen molar-refractivity contribution in [3.05, 3.63) is 71.7 Å². The topological polar surface area (TPSA) is 102 Å². The fraction of sp³-hybridized carbons (Fsp3) is 0.688. The van der Waals surface area contributed by atoms with Crippen molar-refractivity contribution in [2.75, 3.05) is 0 Å². The minimum absolute atomic E-state index is 0.117. The maximum Gasteiger partial charge on any atom is 0.103 e. The van der Waals surface area contributed by atoms with E-state index >= 15 is 0 Å². The van der Waals surface area contributed by atoms with Gasteiger partial charge in [0.2, 0.25) is 0 Å². The van der Waals surface area contributed by atoms with Crippen LogP contribution in [0.3, 0.4) is 0 Å². The maximum absolute atomic E-state index is 9.88. The molecule has 1 saturated carbocycles. The van der Waals surface area contributed by atoms with E-state index in [1.165, 1.54) is 24.0 Å². The van der Waals surface area contributed by atoms with E-state index in [0.717, 1.165) is 32.1 Å². The van der Waals surface area contributed by atoms with Gasteiger partial charge >= 0.3 is 0 Å². The van der Waals surface area contributed by atoms with Crippen LogP contribution in [0.15, 0.2) is 66.4 Å². The highest BCUT2D eigenvalue weighted by Crippen LogP contribution is 2.43. The summed E-state index contributed by atoms with van der Waals surface area (Å²) in [6, 6.07) is -0.418. The van der Waals surface area contributed by atoms with Crippen LogP contribution in [0.5, 0.6) is 0 Å². The molecular weight excluding hydrogens is 474 g/mol. The fourth-order valence-electron chi connectivity index (χ4n) is 6.39. The van der Waals surface area contributed by atoms with Gasteiger partial charge in [0.25, 0.3) is 0 Å². The Hall–Kier alpha value is -2.11. The summed E-state index contributed by atoms with van der Waals surface area (Å²) in [5.41, 5.74) is 11.3. The lowest BCUT2D eigenvalue weighted by molar-refractivity contribution is -0.0133. The van der Waals surface area contributed by atoms with Gasteiger partial charge in [-0.1, -0.05) is 67.4 Å². The zero-order valence-electron chi connectivity index (χ0n) is 24.3. The van der Waals surface area contributed by atoms with Crippen LogP contribution < -0.4 is 0 Å². The number of epoxide rings is 1. The number of fused-ring (bicyclic) bond motifs is 1. The molecule has 0 aromatic rings. The molecule has 4 aliphatic rings. The van der Waals surface area contributed by atoms with Gasteiger partial charge in [-0.2, -0.15) is 0 Å². The van der Waals surface area contributed by atoms with Gasteiger partial charge in [0.05, 0.1) is 24.4 Å². The Morgan fingerprint density at radius 1 is 0.974 bits per heavy atom. The molecule has 6 heteroatoms. The molecule has 1 heterocycles. The minimum Gasteiger partial charge on any atom is -0.393 e. The van der Waals surface area contributed by atoms with Gasteiger partial charge in [0.15, 0.2) is 0 Å². The van der Waals surface area contributed by atoms with Crippen LogP contribution in [0, 0.1) is 29.1 Å². The maximum atomic E-state index is 9.88. The largest absolute Gasteiger partial charge is 0.393 e. The smallest absolute Gasteiger partial charge is 0.103 e. The lowest BCUT2D eigenvalue weighted by Crippen LogP contribution is -2.38. The van der Waals surface area contributed by atoms with E-state index in [1.807, 2.05) is 25.2 Å². The number of allylic oxidation sites excluding steroid dienone is 5. The van der Waals surface area contributed by atoms with E-state index in [4.69, 9.17) is 10.3 Å². The van der Waals surface area contributed by atoms with E-state index in [9.17, 15) is 10.2 Å². The van der Waals surface area contributed by atoms with Crippen molar-refractivity contribution < 1.29 is 14.9 Å². The third kappa shape index (κ3) is 9.57. The molecule has 2 N–H and O–H groups in total. The molecule has 4 rings (SSSR count). The first kappa shape index (κ1) is 32.1. The second-order valence-corrected chi connectivity index (χ2v) is 12.5. The second-order valence-electron chi connectivity index (χ2n) is 12.5. The number of aliphatic hydroxyl groups is 2. The molecular formula is C32H51N3O3. The van der Waals surface area contributed by atoms with Crippen LogP contribution >= 0.6 is 0 Å². The van der Waals surface area contributed by atoms with Crippen molar-refractivity contribution in [2.24, 2.45) is 34.2 Å². The highest BCUT2D eigenvalue weighted by Gasteiger charge is 2.45. The Bertz CT molecular complexity index is 917. The molecule has 1 saturated heterocycles. The monoisotopic (exact) mass is 525 g/mol. The van der Waals surface area contributed by atoms with E-state index in [2.05, 4.69) is 63.5 Å². The standard InChI is InChI=1S/C12H22O.C10H15N3O.C10H14O/c1-5-6-10-7-12(3,4)8-11(13)9(10)2;1-3-4-8-5-7(2)6-9(10(8)14)12-13-11;1-3-4-8-5-7(2)6-9-10(8)11-9/h5,9-11,13H,1,6-8H2,2-4H3;3,6,8-10,14H,1,4-5H2,2H3;3,6,8-10H,1,4-5H2,2H3/t9-,10+,11-;8-,9-,10-;8-,9+,10-/m100/s1. The number of ether oxygens (including phenoxy) is 1. The summed E-state index contributed by atoms with van der Waals surface area (Å²) in [7, 11) is 0. The fourth-order valence-corrected chi connectivity index (χ4v) is 6.39. The molecule has 0 spiro atoms. The molecule has 3 aliphatic carbocycles. The number of hydrogen-bond donors (Lipinski definition) is 2. The highest BCUT2D eigenvalue weighted by atomic mass is 16.6. The molecule has 0 radical (unpaired) electrons. The van der Waals surface area contributed by atoms with Crippen molar-refractivity contribution in [3.8, 4) is 0 Å². The van der Waals surface area contributed by atoms with Gasteiger partial charge in [-0.25, -0.2) is 0 Å². The Labute approximate surface area is 230 Å². The predicted octanol–water partition coefficient (Wildman–Crippen LogP) is 7.86. The van der Waals surface area contributed by atoms with Gasteiger partial charge in [0.1, 0.15) is 6.10 Å². The molecule has 0 aromatic carbocycles. The molecule has 0 amide bonds. The number of aliphatic hydroxyl groups excluding tert-OH is 2. The van der Waals surface area contributed by atoms with E-state index in [1.54, 1.807) is 6.08 Å². The van der Waals surface area contributed by atoms with Crippen LogP contribution in [0.2, 0.25) is 0 Å². The second kappa shape index (κ2) is 14.9. The third-order valence-corrected chi connectivity index (χ3v) is 8.45. The van der Waals surface area contributed by atoms with Crippen molar-refractivity contribution in [1.29, 1.82) is 0 Å². The quantitative estimate of drug-likeness (QED) is 0.116. The summed E-state index contributed by atoms with van der Waals surface area (Å²) in [4.78, 5) is 2.73. The number of nitrogens with zero attached hydrogens (tertiary/aromatic N) is 3. The molecule has 0 aromatic heterocycles. The summed E-state index contributed by atoms with van der Waals surface area (Å²) in [5.74, 6) is 1.90. The molecule has 9 atom stereocenters. The van der Waals surface area contributed by atoms with Gasteiger partial charge in [-0.3, -0.25) is 0 Å². The van der Waals surface area contributed by atoms with E-state index in [-0.39, 0.29) is 12.0 Å². The van der Waals surface area contributed by atoms with Gasteiger partial charge < -0.3 is 14.9 Å². The van der Waals surface area contributed by atoms with Gasteiger partial charge in [-0.15, -0.1) is 19.7 Å². The summed E-state index contributed by atoms with van der Waals surface area (Å²) in [6.45, 7) is 22.0. The zero-order chi connectivity index (χ0) is 28.5. The summed E-state index contributed by atoms with van der Waals surface area (Å²) in [6.07, 6.45) is 17.3. The molecule has 0 unspecified atom stereocenters. The van der Waals surface area contributed by atoms with Crippen LogP contribution in [0.25, 0.3) is 10.4 Å². The predicted molar refractivity (Wildman–Crippen MR) is 157 cm³/mol. The molecule has 6 nitrogen and oxygen atoms in total. The van der Waals surface area contributed by atoms with E-state index in [0.29, 0.717) is 35.4 Å². The Morgan fingerprint density at radius 3 is 2.13 bits per heavy atom.